The van der Waals surface area contributed by atoms with Crippen molar-refractivity contribution in [2.75, 3.05) is 7.11 Å². The second kappa shape index (κ2) is 5.57. The minimum atomic E-state index is -0.311. The lowest BCUT2D eigenvalue weighted by atomic mass is 10.1. The molecule has 1 aromatic heterocycles. The molecule has 3 nitrogen and oxygen atoms in total. The molecule has 19 heavy (non-hydrogen) atoms. The molecular weight excluding hydrogens is 238 g/mol. The molecule has 3 heteroatoms. The first-order valence-electron chi connectivity index (χ1n) is 6.20. The van der Waals surface area contributed by atoms with Crippen molar-refractivity contribution in [3.05, 3.63) is 54.3 Å². The maximum Gasteiger partial charge on any atom is 0.337 e. The fourth-order valence-corrected chi connectivity index (χ4v) is 2.10. The van der Waals surface area contributed by atoms with Crippen molar-refractivity contribution < 1.29 is 9.53 Å². The largest absolute Gasteiger partial charge is 0.465 e. The fourth-order valence-electron chi connectivity index (χ4n) is 2.10. The van der Waals surface area contributed by atoms with Crippen LogP contribution in [0.1, 0.15) is 24.2 Å². The van der Waals surface area contributed by atoms with Crippen LogP contribution in [0.4, 0.5) is 0 Å². The smallest absolute Gasteiger partial charge is 0.337 e. The van der Waals surface area contributed by atoms with E-state index in [1.54, 1.807) is 6.07 Å². The number of ether oxygens (including phenoxy) is 1. The minimum Gasteiger partial charge on any atom is -0.465 e. The molecule has 0 amide bonds. The first-order chi connectivity index (χ1) is 9.21. The number of methoxy groups -OCH3 is 1. The molecule has 2 rings (SSSR count). The zero-order valence-electron chi connectivity index (χ0n) is 11.4. The first kappa shape index (κ1) is 13.1. The number of allylic oxidation sites excluding steroid dienone is 4. The van der Waals surface area contributed by atoms with E-state index in [0.717, 1.165) is 16.6 Å². The van der Waals surface area contributed by atoms with Crippen LogP contribution < -0.4 is 0 Å². The van der Waals surface area contributed by atoms with E-state index in [0.29, 0.717) is 5.56 Å². The quantitative estimate of drug-likeness (QED) is 0.616. The standard InChI is InChI=1S/C16H17NO2/c1-4-6-14(5-2)17-10-9-12-11-13(16(18)19-3)7-8-15(12)17/h4-11H,1-3H3. The number of hydrogen-bond donors (Lipinski definition) is 0. The van der Waals surface area contributed by atoms with Gasteiger partial charge in [-0.1, -0.05) is 12.2 Å². The summed E-state index contributed by atoms with van der Waals surface area (Å²) < 4.78 is 6.82. The van der Waals surface area contributed by atoms with Crippen molar-refractivity contribution in [2.45, 2.75) is 13.8 Å². The van der Waals surface area contributed by atoms with Gasteiger partial charge < -0.3 is 9.30 Å². The molecule has 0 aliphatic carbocycles. The molecule has 1 aromatic carbocycles. The lowest BCUT2D eigenvalue weighted by Gasteiger charge is -2.06. The van der Waals surface area contributed by atoms with Gasteiger partial charge in [0.2, 0.25) is 0 Å². The molecule has 0 aliphatic rings. The number of carbonyl (C=O) groups excluding carboxylic acids is 1. The highest BCUT2D eigenvalue weighted by molar-refractivity contribution is 5.95. The van der Waals surface area contributed by atoms with Gasteiger partial charge in [0.05, 0.1) is 18.2 Å². The Morgan fingerprint density at radius 2 is 2.05 bits per heavy atom. The summed E-state index contributed by atoms with van der Waals surface area (Å²) in [4.78, 5) is 11.5. The highest BCUT2D eigenvalue weighted by Gasteiger charge is 2.08. The number of aromatic nitrogens is 1. The number of hydrogen-bond acceptors (Lipinski definition) is 2. The number of fused-ring (bicyclic) bond motifs is 1. The van der Waals surface area contributed by atoms with Crippen molar-refractivity contribution in [1.29, 1.82) is 0 Å². The summed E-state index contributed by atoms with van der Waals surface area (Å²) in [6.45, 7) is 3.99. The van der Waals surface area contributed by atoms with E-state index in [1.807, 2.05) is 56.5 Å². The molecule has 0 unspecified atom stereocenters. The summed E-state index contributed by atoms with van der Waals surface area (Å²) in [6.07, 6.45) is 8.10. The van der Waals surface area contributed by atoms with Gasteiger partial charge in [-0.2, -0.15) is 0 Å². The Balaban J connectivity index is 2.53. The summed E-state index contributed by atoms with van der Waals surface area (Å²) in [5.41, 5.74) is 2.74. The number of rotatable bonds is 3. The van der Waals surface area contributed by atoms with E-state index in [-0.39, 0.29) is 5.97 Å². The zero-order chi connectivity index (χ0) is 13.8. The van der Waals surface area contributed by atoms with Crippen molar-refractivity contribution in [3.8, 4) is 0 Å². The monoisotopic (exact) mass is 255 g/mol. The predicted octanol–water partition coefficient (Wildman–Crippen LogP) is 3.86. The van der Waals surface area contributed by atoms with Crippen LogP contribution >= 0.6 is 0 Å². The van der Waals surface area contributed by atoms with Crippen LogP contribution in [0.5, 0.6) is 0 Å². The van der Waals surface area contributed by atoms with Gasteiger partial charge in [0, 0.05) is 17.3 Å². The van der Waals surface area contributed by atoms with Crippen LogP contribution in [-0.2, 0) is 4.74 Å². The van der Waals surface area contributed by atoms with Crippen molar-refractivity contribution >= 4 is 22.6 Å². The van der Waals surface area contributed by atoms with Crippen LogP contribution in [0.2, 0.25) is 0 Å². The second-order valence-electron chi connectivity index (χ2n) is 4.16. The average molecular weight is 255 g/mol. The number of benzene rings is 1. The number of nitrogens with zero attached hydrogens (tertiary/aromatic N) is 1. The van der Waals surface area contributed by atoms with Gasteiger partial charge in [-0.05, 0) is 44.2 Å². The van der Waals surface area contributed by atoms with E-state index >= 15 is 0 Å². The molecule has 0 saturated carbocycles. The van der Waals surface area contributed by atoms with Crippen LogP contribution in [0.3, 0.4) is 0 Å². The average Bonchev–Trinajstić information content (AvgIpc) is 2.86. The maximum absolute atomic E-state index is 11.5. The molecule has 0 saturated heterocycles. The van der Waals surface area contributed by atoms with Gasteiger partial charge in [-0.3, -0.25) is 0 Å². The zero-order valence-corrected chi connectivity index (χ0v) is 11.4. The molecule has 0 aliphatic heterocycles. The van der Waals surface area contributed by atoms with E-state index in [1.165, 1.54) is 7.11 Å². The Morgan fingerprint density at radius 1 is 1.26 bits per heavy atom. The van der Waals surface area contributed by atoms with Crippen LogP contribution in [0.15, 0.2) is 48.7 Å². The SMILES string of the molecule is CC=CC(=CC)n1ccc2cc(C(=O)OC)ccc21. The van der Waals surface area contributed by atoms with Gasteiger partial charge in [-0.25, -0.2) is 4.79 Å². The van der Waals surface area contributed by atoms with Gasteiger partial charge in [0.1, 0.15) is 0 Å². The van der Waals surface area contributed by atoms with Gasteiger partial charge >= 0.3 is 5.97 Å². The van der Waals surface area contributed by atoms with Gasteiger partial charge in [0.15, 0.2) is 0 Å². The highest BCUT2D eigenvalue weighted by Crippen LogP contribution is 2.22. The molecule has 0 N–H and O–H groups in total. The molecule has 0 bridgehead atoms. The van der Waals surface area contributed by atoms with Crippen LogP contribution in [0, 0.1) is 0 Å². The van der Waals surface area contributed by atoms with E-state index in [2.05, 4.69) is 4.57 Å². The summed E-state index contributed by atoms with van der Waals surface area (Å²) in [7, 11) is 1.39. The normalized spacial score (nSPS) is 12.3. The van der Waals surface area contributed by atoms with E-state index in [4.69, 9.17) is 4.74 Å². The highest BCUT2D eigenvalue weighted by atomic mass is 16.5. The van der Waals surface area contributed by atoms with E-state index in [9.17, 15) is 4.79 Å². The Kier molecular flexibility index (Phi) is 3.85. The predicted molar refractivity (Wildman–Crippen MR) is 78.0 cm³/mol. The topological polar surface area (TPSA) is 31.2 Å². The molecule has 98 valence electrons. The van der Waals surface area contributed by atoms with Crippen LogP contribution in [-0.4, -0.2) is 17.6 Å². The molecule has 0 atom stereocenters. The van der Waals surface area contributed by atoms with Crippen molar-refractivity contribution in [3.63, 3.8) is 0 Å². The number of carbonyl (C=O) groups is 1. The first-order valence-corrected chi connectivity index (χ1v) is 6.20. The number of esters is 1. The Hall–Kier alpha value is -2.29. The molecule has 1 heterocycles. The summed E-state index contributed by atoms with van der Waals surface area (Å²) in [6, 6.07) is 7.57. The molecule has 0 spiro atoms. The van der Waals surface area contributed by atoms with Crippen LogP contribution in [0.25, 0.3) is 16.6 Å². The Labute approximate surface area is 112 Å². The lowest BCUT2D eigenvalue weighted by Crippen LogP contribution is -2.00. The third kappa shape index (κ3) is 2.45. The summed E-state index contributed by atoms with van der Waals surface area (Å²) >= 11 is 0. The third-order valence-corrected chi connectivity index (χ3v) is 3.02. The van der Waals surface area contributed by atoms with Gasteiger partial charge in [0.25, 0.3) is 0 Å². The maximum atomic E-state index is 11.5. The molecule has 0 fully saturated rings. The van der Waals surface area contributed by atoms with Crippen molar-refractivity contribution in [1.82, 2.24) is 4.57 Å². The molecule has 0 radical (unpaired) electrons. The summed E-state index contributed by atoms with van der Waals surface area (Å²) in [5, 5.41) is 1.02. The minimum absolute atomic E-state index is 0.311. The van der Waals surface area contributed by atoms with Gasteiger partial charge in [-0.15, -0.1) is 0 Å². The Bertz CT molecular complexity index is 662. The third-order valence-electron chi connectivity index (χ3n) is 3.02. The Morgan fingerprint density at radius 3 is 2.68 bits per heavy atom. The summed E-state index contributed by atoms with van der Waals surface area (Å²) in [5.74, 6) is -0.311. The van der Waals surface area contributed by atoms with Crippen molar-refractivity contribution in [2.24, 2.45) is 0 Å². The molecule has 2 aromatic rings. The lowest BCUT2D eigenvalue weighted by molar-refractivity contribution is 0.0601. The molecular formula is C16H17NO2. The van der Waals surface area contributed by atoms with E-state index < -0.39 is 0 Å². The fraction of sp³-hybridized carbons (Fsp3) is 0.188. The second-order valence-corrected chi connectivity index (χ2v) is 4.16.